The van der Waals surface area contributed by atoms with Crippen LogP contribution in [0.4, 0.5) is 4.79 Å². The highest BCUT2D eigenvalue weighted by Gasteiger charge is 2.32. The maximum atomic E-state index is 12.7. The van der Waals surface area contributed by atoms with E-state index in [1.54, 1.807) is 4.90 Å². The number of amides is 1. The van der Waals surface area contributed by atoms with Gasteiger partial charge in [0.1, 0.15) is 6.61 Å². The van der Waals surface area contributed by atoms with E-state index in [1.807, 2.05) is 24.3 Å². The minimum absolute atomic E-state index is 0.0177. The number of aliphatic carboxylic acids is 1. The Bertz CT molecular complexity index is 1060. The van der Waals surface area contributed by atoms with Crippen LogP contribution in [0.25, 0.3) is 11.1 Å². The topological polar surface area (TPSA) is 97.5 Å². The van der Waals surface area contributed by atoms with Gasteiger partial charge in [0.05, 0.1) is 30.6 Å². The predicted molar refractivity (Wildman–Crippen MR) is 123 cm³/mol. The summed E-state index contributed by atoms with van der Waals surface area (Å²) in [4.78, 5) is 25.4. The quantitative estimate of drug-likeness (QED) is 0.603. The number of piperidine rings is 1. The second-order valence-corrected chi connectivity index (χ2v) is 8.32. The number of hydrogen-bond donors (Lipinski definition) is 1. The van der Waals surface area contributed by atoms with Crippen LogP contribution in [0.15, 0.2) is 60.9 Å². The summed E-state index contributed by atoms with van der Waals surface area (Å²) < 4.78 is 6.66. The van der Waals surface area contributed by atoms with Crippen molar-refractivity contribution in [2.75, 3.05) is 13.2 Å². The van der Waals surface area contributed by atoms with E-state index in [0.29, 0.717) is 6.54 Å². The van der Waals surface area contributed by atoms with E-state index < -0.39 is 12.1 Å². The fourth-order valence-electron chi connectivity index (χ4n) is 4.53. The summed E-state index contributed by atoms with van der Waals surface area (Å²) in [7, 11) is 0. The molecule has 0 unspecified atom stereocenters. The maximum Gasteiger partial charge on any atom is 0.410 e. The van der Waals surface area contributed by atoms with Gasteiger partial charge in [-0.05, 0) is 41.5 Å². The average molecular weight is 469 g/mol. The van der Waals surface area contributed by atoms with Crippen molar-refractivity contribution in [1.82, 2.24) is 19.4 Å². The molecule has 0 bridgehead atoms. The fourth-order valence-corrected chi connectivity index (χ4v) is 4.63. The molecule has 1 atom stereocenters. The standard InChI is InChI=1S/C22H23NO4.C2H2ClN3/c24-21(25)13-15-7-5-6-12-23(15)22(26)27-14-20-18-10-3-1-8-16(18)17-9-2-4-11-19(17)20;3-6-4-1-2-5-6/h1-4,8-11,15,20H,5-7,12-14H2,(H,24,25);1-2H/t15-;/m1./s1. The number of carbonyl (C=O) groups is 2. The normalized spacial score (nSPS) is 16.9. The van der Waals surface area contributed by atoms with Crippen molar-refractivity contribution in [3.63, 3.8) is 0 Å². The molecule has 5 rings (SSSR count). The molecule has 1 amide bonds. The van der Waals surface area contributed by atoms with Gasteiger partial charge in [0, 0.05) is 18.5 Å². The van der Waals surface area contributed by atoms with Crippen molar-refractivity contribution in [2.24, 2.45) is 0 Å². The van der Waals surface area contributed by atoms with Gasteiger partial charge < -0.3 is 14.7 Å². The molecular weight excluding hydrogens is 444 g/mol. The predicted octanol–water partition coefficient (Wildman–Crippen LogP) is 4.54. The van der Waals surface area contributed by atoms with Crippen LogP contribution in [0.5, 0.6) is 0 Å². The Kier molecular flexibility index (Phi) is 7.24. The number of rotatable bonds is 4. The van der Waals surface area contributed by atoms with Gasteiger partial charge in [-0.3, -0.25) is 4.79 Å². The third kappa shape index (κ3) is 5.34. The van der Waals surface area contributed by atoms with Gasteiger partial charge in [-0.2, -0.15) is 0 Å². The number of carboxylic acids is 1. The molecule has 0 spiro atoms. The number of nitrogens with zero attached hydrogens (tertiary/aromatic N) is 4. The molecule has 3 aromatic rings. The third-order valence-electron chi connectivity index (χ3n) is 6.00. The zero-order valence-electron chi connectivity index (χ0n) is 18.0. The Balaban J connectivity index is 0.000000376. The lowest BCUT2D eigenvalue weighted by molar-refractivity contribution is -0.138. The Morgan fingerprint density at radius 3 is 2.15 bits per heavy atom. The largest absolute Gasteiger partial charge is 0.481 e. The molecule has 1 N–H and O–H groups in total. The van der Waals surface area contributed by atoms with E-state index in [9.17, 15) is 9.59 Å². The lowest BCUT2D eigenvalue weighted by Gasteiger charge is -2.34. The van der Waals surface area contributed by atoms with Gasteiger partial charge >= 0.3 is 12.1 Å². The number of benzene rings is 2. The van der Waals surface area contributed by atoms with E-state index in [1.165, 1.54) is 34.6 Å². The van der Waals surface area contributed by atoms with Crippen molar-refractivity contribution in [2.45, 2.75) is 37.6 Å². The van der Waals surface area contributed by atoms with Gasteiger partial charge in [-0.1, -0.05) is 52.8 Å². The molecule has 9 heteroatoms. The Hall–Kier alpha value is -3.39. The first-order valence-corrected chi connectivity index (χ1v) is 11.2. The van der Waals surface area contributed by atoms with Crippen molar-refractivity contribution in [3.05, 3.63) is 72.1 Å². The van der Waals surface area contributed by atoms with Crippen LogP contribution in [0.3, 0.4) is 0 Å². The number of carboxylic acid groups (broad SMARTS) is 1. The van der Waals surface area contributed by atoms with Crippen LogP contribution in [-0.4, -0.2) is 55.8 Å². The van der Waals surface area contributed by atoms with Crippen molar-refractivity contribution in [1.29, 1.82) is 0 Å². The van der Waals surface area contributed by atoms with Crippen LogP contribution in [-0.2, 0) is 9.53 Å². The second-order valence-electron chi connectivity index (χ2n) is 8.01. The van der Waals surface area contributed by atoms with Crippen molar-refractivity contribution in [3.8, 4) is 11.1 Å². The number of aromatic nitrogens is 3. The Morgan fingerprint density at radius 1 is 1.00 bits per heavy atom. The minimum Gasteiger partial charge on any atom is -0.481 e. The van der Waals surface area contributed by atoms with Crippen molar-refractivity contribution >= 4 is 23.8 Å². The molecule has 1 aliphatic carbocycles. The first kappa shape index (κ1) is 22.8. The zero-order valence-corrected chi connectivity index (χ0v) is 18.8. The number of carbonyl (C=O) groups excluding carboxylic acids is 1. The Labute approximate surface area is 196 Å². The molecule has 2 heterocycles. The van der Waals surface area contributed by atoms with Gasteiger partial charge in [0.2, 0.25) is 0 Å². The fraction of sp³-hybridized carbons (Fsp3) is 0.333. The Morgan fingerprint density at radius 2 is 1.61 bits per heavy atom. The first-order valence-electron chi connectivity index (χ1n) is 10.9. The van der Waals surface area contributed by atoms with Crippen LogP contribution < -0.4 is 0 Å². The van der Waals surface area contributed by atoms with Gasteiger partial charge in [-0.15, -0.1) is 10.2 Å². The summed E-state index contributed by atoms with van der Waals surface area (Å²) in [5.41, 5.74) is 4.73. The van der Waals surface area contributed by atoms with Crippen LogP contribution in [0, 0.1) is 0 Å². The molecule has 1 saturated heterocycles. The number of likely N-dealkylation sites (tertiary alicyclic amines) is 1. The second kappa shape index (κ2) is 10.5. The zero-order chi connectivity index (χ0) is 23.2. The summed E-state index contributed by atoms with van der Waals surface area (Å²) >= 11 is 5.15. The van der Waals surface area contributed by atoms with E-state index >= 15 is 0 Å². The van der Waals surface area contributed by atoms with Crippen LogP contribution in [0.2, 0.25) is 0 Å². The lowest BCUT2D eigenvalue weighted by atomic mass is 9.98. The SMILES string of the molecule is Cln1nccn1.O=C(O)C[C@H]1CCCCN1C(=O)OCC1c2ccccc2-c2ccccc21. The number of hydrogen-bond acceptors (Lipinski definition) is 5. The molecule has 2 aromatic carbocycles. The lowest BCUT2D eigenvalue weighted by Crippen LogP contribution is -2.45. The number of halogens is 1. The molecule has 0 saturated carbocycles. The summed E-state index contributed by atoms with van der Waals surface area (Å²) in [6.07, 6.45) is 5.15. The summed E-state index contributed by atoms with van der Waals surface area (Å²) in [6.45, 7) is 0.831. The van der Waals surface area contributed by atoms with E-state index in [2.05, 4.69) is 34.5 Å². The smallest absolute Gasteiger partial charge is 0.410 e. The van der Waals surface area contributed by atoms with Crippen molar-refractivity contribution < 1.29 is 19.4 Å². The molecule has 2 aliphatic rings. The summed E-state index contributed by atoms with van der Waals surface area (Å²) in [5.74, 6) is -0.859. The van der Waals surface area contributed by atoms with E-state index in [4.69, 9.17) is 21.6 Å². The molecular formula is C24H25ClN4O4. The summed E-state index contributed by atoms with van der Waals surface area (Å²) in [5, 5.41) is 16.1. The molecule has 1 fully saturated rings. The van der Waals surface area contributed by atoms with E-state index in [0.717, 1.165) is 23.6 Å². The third-order valence-corrected chi connectivity index (χ3v) is 6.17. The molecule has 33 heavy (non-hydrogen) atoms. The highest BCUT2D eigenvalue weighted by molar-refractivity contribution is 6.13. The molecule has 172 valence electrons. The van der Waals surface area contributed by atoms with Gasteiger partial charge in [0.25, 0.3) is 0 Å². The monoisotopic (exact) mass is 468 g/mol. The summed E-state index contributed by atoms with van der Waals surface area (Å²) in [6, 6.07) is 16.2. The van der Waals surface area contributed by atoms with Crippen LogP contribution >= 0.6 is 11.8 Å². The number of fused-ring (bicyclic) bond motifs is 3. The highest BCUT2D eigenvalue weighted by Crippen LogP contribution is 2.44. The highest BCUT2D eigenvalue weighted by atomic mass is 35.5. The van der Waals surface area contributed by atoms with Gasteiger partial charge in [-0.25, -0.2) is 4.79 Å². The number of ether oxygens (including phenoxy) is 1. The average Bonchev–Trinajstić information content (AvgIpc) is 3.43. The first-order chi connectivity index (χ1) is 16.0. The molecule has 1 aliphatic heterocycles. The maximum absolute atomic E-state index is 12.7. The molecule has 1 aromatic heterocycles. The van der Waals surface area contributed by atoms with Gasteiger partial charge in [0.15, 0.2) is 0 Å². The minimum atomic E-state index is -0.877. The van der Waals surface area contributed by atoms with E-state index in [-0.39, 0.29) is 25.0 Å². The van der Waals surface area contributed by atoms with Crippen LogP contribution in [0.1, 0.15) is 42.7 Å². The molecule has 0 radical (unpaired) electrons. The molecule has 8 nitrogen and oxygen atoms in total.